The van der Waals surface area contributed by atoms with Crippen molar-refractivity contribution < 1.29 is 22.3 Å². The van der Waals surface area contributed by atoms with Gasteiger partial charge in [-0.15, -0.1) is 6.58 Å². The van der Waals surface area contributed by atoms with Crippen molar-refractivity contribution in [2.75, 3.05) is 25.1 Å². The van der Waals surface area contributed by atoms with Gasteiger partial charge in [0, 0.05) is 6.07 Å². The Balaban J connectivity index is 2.52. The summed E-state index contributed by atoms with van der Waals surface area (Å²) >= 11 is 0. The molecule has 5 nitrogen and oxygen atoms in total. The molecule has 24 heavy (non-hydrogen) atoms. The molecule has 0 radical (unpaired) electrons. The molecule has 0 aliphatic heterocycles. The molecule has 0 saturated heterocycles. The Hall–Kier alpha value is -2.54. The molecule has 0 heterocycles. The summed E-state index contributed by atoms with van der Waals surface area (Å²) in [6.45, 7) is 3.63. The van der Waals surface area contributed by atoms with E-state index in [9.17, 15) is 12.8 Å². The largest absolute Gasteiger partial charge is 0.493 e. The quantitative estimate of drug-likeness (QED) is 0.719. The monoisotopic (exact) mass is 351 g/mol. The number of anilines is 1. The Labute approximate surface area is 141 Å². The van der Waals surface area contributed by atoms with Crippen LogP contribution in [-0.2, 0) is 10.0 Å². The van der Waals surface area contributed by atoms with Crippen molar-refractivity contribution in [3.63, 3.8) is 0 Å². The minimum absolute atomic E-state index is 0.0336. The summed E-state index contributed by atoms with van der Waals surface area (Å²) < 4.78 is 50.5. The molecule has 2 aromatic carbocycles. The standard InChI is InChI=1S/C17H18FNO4S/c1-4-11-19(14-7-5-13(18)6-8-14)24(20,21)15-9-10-16(22-2)17(12-15)23-3/h4-10,12H,1,11H2,2-3H3. The van der Waals surface area contributed by atoms with Gasteiger partial charge >= 0.3 is 0 Å². The van der Waals surface area contributed by atoms with Crippen LogP contribution in [0.3, 0.4) is 0 Å². The van der Waals surface area contributed by atoms with Gasteiger partial charge in [0.2, 0.25) is 0 Å². The molecule has 0 saturated carbocycles. The van der Waals surface area contributed by atoms with E-state index in [-0.39, 0.29) is 11.4 Å². The van der Waals surface area contributed by atoms with Crippen molar-refractivity contribution >= 4 is 15.7 Å². The first kappa shape index (κ1) is 17.8. The first-order chi connectivity index (χ1) is 11.4. The Morgan fingerprint density at radius 2 is 1.71 bits per heavy atom. The first-order valence-electron chi connectivity index (χ1n) is 7.05. The van der Waals surface area contributed by atoms with Gasteiger partial charge in [0.1, 0.15) is 5.82 Å². The Bertz CT molecular complexity index is 819. The van der Waals surface area contributed by atoms with Gasteiger partial charge in [-0.05, 0) is 36.4 Å². The van der Waals surface area contributed by atoms with E-state index >= 15 is 0 Å². The topological polar surface area (TPSA) is 55.8 Å². The van der Waals surface area contributed by atoms with Gasteiger partial charge in [-0.1, -0.05) is 6.08 Å². The third-order valence-electron chi connectivity index (χ3n) is 3.35. The van der Waals surface area contributed by atoms with E-state index in [0.717, 1.165) is 4.31 Å². The minimum atomic E-state index is -3.88. The Kier molecular flexibility index (Phi) is 5.46. The van der Waals surface area contributed by atoms with Crippen molar-refractivity contribution in [3.05, 3.63) is 60.9 Å². The molecule has 0 N–H and O–H groups in total. The molecule has 0 bridgehead atoms. The van der Waals surface area contributed by atoms with Crippen LogP contribution in [0.2, 0.25) is 0 Å². The van der Waals surface area contributed by atoms with Crippen LogP contribution in [-0.4, -0.2) is 29.2 Å². The fourth-order valence-corrected chi connectivity index (χ4v) is 3.62. The van der Waals surface area contributed by atoms with Crippen molar-refractivity contribution in [1.29, 1.82) is 0 Å². The molecule has 2 aromatic rings. The summed E-state index contributed by atoms with van der Waals surface area (Å²) in [5.41, 5.74) is 0.339. The summed E-state index contributed by atoms with van der Waals surface area (Å²) in [5, 5.41) is 0. The number of benzene rings is 2. The van der Waals surface area contributed by atoms with Crippen molar-refractivity contribution in [2.24, 2.45) is 0 Å². The predicted octanol–water partition coefficient (Wildman–Crippen LogP) is 3.22. The molecule has 7 heteroatoms. The molecular weight excluding hydrogens is 333 g/mol. The van der Waals surface area contributed by atoms with Gasteiger partial charge in [-0.25, -0.2) is 12.8 Å². The average Bonchev–Trinajstić information content (AvgIpc) is 2.59. The second-order valence-electron chi connectivity index (χ2n) is 4.82. The number of hydrogen-bond acceptors (Lipinski definition) is 4. The van der Waals surface area contributed by atoms with E-state index in [0.29, 0.717) is 17.2 Å². The van der Waals surface area contributed by atoms with E-state index in [1.54, 1.807) is 0 Å². The lowest BCUT2D eigenvalue weighted by Crippen LogP contribution is -2.31. The zero-order chi connectivity index (χ0) is 17.7. The minimum Gasteiger partial charge on any atom is -0.493 e. The van der Waals surface area contributed by atoms with Gasteiger partial charge in [0.15, 0.2) is 11.5 Å². The Morgan fingerprint density at radius 1 is 1.08 bits per heavy atom. The SMILES string of the molecule is C=CCN(c1ccc(F)cc1)S(=O)(=O)c1ccc(OC)c(OC)c1. The maximum atomic E-state index is 13.1. The summed E-state index contributed by atoms with van der Waals surface area (Å²) in [7, 11) is -0.989. The number of hydrogen-bond donors (Lipinski definition) is 0. The maximum absolute atomic E-state index is 13.1. The van der Waals surface area contributed by atoms with E-state index in [1.165, 1.54) is 62.8 Å². The van der Waals surface area contributed by atoms with Crippen LogP contribution in [0.15, 0.2) is 60.0 Å². The van der Waals surface area contributed by atoms with Crippen LogP contribution in [0.1, 0.15) is 0 Å². The highest BCUT2D eigenvalue weighted by Crippen LogP contribution is 2.32. The highest BCUT2D eigenvalue weighted by molar-refractivity contribution is 7.92. The molecule has 0 amide bonds. The zero-order valence-electron chi connectivity index (χ0n) is 13.4. The fourth-order valence-electron chi connectivity index (χ4n) is 2.17. The van der Waals surface area contributed by atoms with E-state index in [4.69, 9.17) is 9.47 Å². The molecule has 0 aliphatic rings. The summed E-state index contributed by atoms with van der Waals surface area (Å²) in [4.78, 5) is 0.0336. The van der Waals surface area contributed by atoms with Crippen molar-refractivity contribution in [2.45, 2.75) is 4.90 Å². The lowest BCUT2D eigenvalue weighted by atomic mass is 10.3. The van der Waals surface area contributed by atoms with Gasteiger partial charge in [0.05, 0.1) is 31.3 Å². The molecule has 0 unspecified atom stereocenters. The second kappa shape index (κ2) is 7.35. The third kappa shape index (κ3) is 3.51. The first-order valence-corrected chi connectivity index (χ1v) is 8.49. The summed E-state index contributed by atoms with van der Waals surface area (Å²) in [6.07, 6.45) is 1.46. The van der Waals surface area contributed by atoms with E-state index in [1.807, 2.05) is 0 Å². The van der Waals surface area contributed by atoms with Gasteiger partial charge < -0.3 is 9.47 Å². The summed E-state index contributed by atoms with van der Waals surface area (Å²) in [5.74, 6) is 0.283. The van der Waals surface area contributed by atoms with Crippen LogP contribution in [0.4, 0.5) is 10.1 Å². The number of methoxy groups -OCH3 is 2. The zero-order valence-corrected chi connectivity index (χ0v) is 14.2. The summed E-state index contributed by atoms with van der Waals surface area (Å²) in [6, 6.07) is 9.53. The average molecular weight is 351 g/mol. The third-order valence-corrected chi connectivity index (χ3v) is 5.14. The van der Waals surface area contributed by atoms with Crippen LogP contribution >= 0.6 is 0 Å². The highest BCUT2D eigenvalue weighted by Gasteiger charge is 2.25. The van der Waals surface area contributed by atoms with Crippen LogP contribution in [0.25, 0.3) is 0 Å². The lowest BCUT2D eigenvalue weighted by Gasteiger charge is -2.23. The smallest absolute Gasteiger partial charge is 0.264 e. The molecule has 0 aromatic heterocycles. The van der Waals surface area contributed by atoms with Crippen molar-refractivity contribution in [1.82, 2.24) is 0 Å². The van der Waals surface area contributed by atoms with E-state index in [2.05, 4.69) is 6.58 Å². The molecule has 128 valence electrons. The van der Waals surface area contributed by atoms with Gasteiger partial charge in [-0.3, -0.25) is 4.31 Å². The number of ether oxygens (including phenoxy) is 2. The molecule has 0 atom stereocenters. The molecular formula is C17H18FNO4S. The number of halogens is 1. The van der Waals surface area contributed by atoms with Crippen LogP contribution in [0.5, 0.6) is 11.5 Å². The molecule has 0 spiro atoms. The number of rotatable bonds is 7. The van der Waals surface area contributed by atoms with Crippen LogP contribution in [0, 0.1) is 5.82 Å². The Morgan fingerprint density at radius 3 is 2.25 bits per heavy atom. The number of sulfonamides is 1. The molecule has 0 aliphatic carbocycles. The van der Waals surface area contributed by atoms with Crippen molar-refractivity contribution in [3.8, 4) is 11.5 Å². The normalized spacial score (nSPS) is 11.0. The lowest BCUT2D eigenvalue weighted by molar-refractivity contribution is 0.354. The van der Waals surface area contributed by atoms with Gasteiger partial charge in [-0.2, -0.15) is 0 Å². The van der Waals surface area contributed by atoms with Gasteiger partial charge in [0.25, 0.3) is 10.0 Å². The van der Waals surface area contributed by atoms with E-state index < -0.39 is 15.8 Å². The molecule has 2 rings (SSSR count). The van der Waals surface area contributed by atoms with Crippen LogP contribution < -0.4 is 13.8 Å². The number of nitrogens with zero attached hydrogens (tertiary/aromatic N) is 1. The molecule has 0 fully saturated rings. The second-order valence-corrected chi connectivity index (χ2v) is 6.68. The fraction of sp³-hybridized carbons (Fsp3) is 0.176. The predicted molar refractivity (Wildman–Crippen MR) is 90.7 cm³/mol. The maximum Gasteiger partial charge on any atom is 0.264 e. The highest BCUT2D eigenvalue weighted by atomic mass is 32.2.